The third-order valence-electron chi connectivity index (χ3n) is 2.88. The molecule has 0 unspecified atom stereocenters. The van der Waals surface area contributed by atoms with Crippen LogP contribution in [0.3, 0.4) is 0 Å². The zero-order valence-electron chi connectivity index (χ0n) is 8.70. The van der Waals surface area contributed by atoms with Crippen molar-refractivity contribution in [1.29, 1.82) is 0 Å². The van der Waals surface area contributed by atoms with Gasteiger partial charge in [-0.15, -0.1) is 0 Å². The average molecular weight is 196 g/mol. The summed E-state index contributed by atoms with van der Waals surface area (Å²) in [4.78, 5) is 8.93. The minimum Gasteiger partial charge on any atom is -0.254 e. The average Bonchev–Trinajstić information content (AvgIpc) is 2.28. The highest BCUT2D eigenvalue weighted by Gasteiger charge is 2.17. The SMILES string of the molecule is Cc1cnc2c(c1)CCc1cccnc1-2. The van der Waals surface area contributed by atoms with Gasteiger partial charge in [0.15, 0.2) is 0 Å². The molecule has 0 saturated carbocycles. The molecule has 0 N–H and O–H groups in total. The highest BCUT2D eigenvalue weighted by Crippen LogP contribution is 2.29. The molecule has 0 saturated heterocycles. The molecule has 0 fully saturated rings. The smallest absolute Gasteiger partial charge is 0.0921 e. The van der Waals surface area contributed by atoms with Crippen molar-refractivity contribution >= 4 is 0 Å². The fourth-order valence-electron chi connectivity index (χ4n) is 2.16. The molecular weight excluding hydrogens is 184 g/mol. The van der Waals surface area contributed by atoms with Crippen molar-refractivity contribution in [2.75, 3.05) is 0 Å². The molecular formula is C13H12N2. The van der Waals surface area contributed by atoms with Crippen LogP contribution in [0.1, 0.15) is 16.7 Å². The Bertz CT molecular complexity index is 518. The van der Waals surface area contributed by atoms with Crippen LogP contribution in [0.2, 0.25) is 0 Å². The Kier molecular flexibility index (Phi) is 1.81. The van der Waals surface area contributed by atoms with E-state index < -0.39 is 0 Å². The van der Waals surface area contributed by atoms with E-state index in [1.165, 1.54) is 16.7 Å². The maximum absolute atomic E-state index is 4.50. The minimum absolute atomic E-state index is 1.07. The predicted octanol–water partition coefficient (Wildman–Crippen LogP) is 2.55. The van der Waals surface area contributed by atoms with Crippen LogP contribution in [0.5, 0.6) is 0 Å². The summed E-state index contributed by atoms with van der Waals surface area (Å²) in [6.45, 7) is 2.08. The highest BCUT2D eigenvalue weighted by atomic mass is 14.8. The number of aromatic nitrogens is 2. The van der Waals surface area contributed by atoms with Crippen molar-refractivity contribution in [3.05, 3.63) is 47.3 Å². The van der Waals surface area contributed by atoms with Crippen LogP contribution in [0.15, 0.2) is 30.6 Å². The summed E-state index contributed by atoms with van der Waals surface area (Å²) in [5.74, 6) is 0. The molecule has 1 aliphatic rings. The van der Waals surface area contributed by atoms with E-state index >= 15 is 0 Å². The number of hydrogen-bond acceptors (Lipinski definition) is 2. The number of fused-ring (bicyclic) bond motifs is 3. The summed E-state index contributed by atoms with van der Waals surface area (Å²) >= 11 is 0. The summed E-state index contributed by atoms with van der Waals surface area (Å²) in [6, 6.07) is 6.37. The van der Waals surface area contributed by atoms with E-state index in [0.717, 1.165) is 24.2 Å². The van der Waals surface area contributed by atoms with Gasteiger partial charge in [-0.05, 0) is 42.5 Å². The van der Waals surface area contributed by atoms with Gasteiger partial charge >= 0.3 is 0 Å². The molecule has 2 aromatic heterocycles. The first-order chi connectivity index (χ1) is 7.34. The number of hydrogen-bond donors (Lipinski definition) is 0. The Hall–Kier alpha value is -1.70. The minimum atomic E-state index is 1.07. The second-order valence-corrected chi connectivity index (χ2v) is 4.03. The van der Waals surface area contributed by atoms with Crippen molar-refractivity contribution in [2.45, 2.75) is 19.8 Å². The van der Waals surface area contributed by atoms with Gasteiger partial charge < -0.3 is 0 Å². The van der Waals surface area contributed by atoms with E-state index in [-0.39, 0.29) is 0 Å². The maximum atomic E-state index is 4.50. The lowest BCUT2D eigenvalue weighted by Gasteiger charge is -2.17. The van der Waals surface area contributed by atoms with Crippen LogP contribution in [-0.2, 0) is 12.8 Å². The van der Waals surface area contributed by atoms with Crippen molar-refractivity contribution in [2.24, 2.45) is 0 Å². The molecule has 74 valence electrons. The highest BCUT2D eigenvalue weighted by molar-refractivity contribution is 5.65. The fourth-order valence-corrected chi connectivity index (χ4v) is 2.16. The molecule has 0 radical (unpaired) electrons. The Morgan fingerprint density at radius 1 is 1.07 bits per heavy atom. The van der Waals surface area contributed by atoms with Crippen LogP contribution in [0.4, 0.5) is 0 Å². The topological polar surface area (TPSA) is 25.8 Å². The largest absolute Gasteiger partial charge is 0.254 e. The van der Waals surface area contributed by atoms with Crippen molar-refractivity contribution in [3.63, 3.8) is 0 Å². The van der Waals surface area contributed by atoms with Crippen LogP contribution >= 0.6 is 0 Å². The van der Waals surface area contributed by atoms with E-state index in [1.807, 2.05) is 18.5 Å². The summed E-state index contributed by atoms with van der Waals surface area (Å²) < 4.78 is 0. The van der Waals surface area contributed by atoms with E-state index in [2.05, 4.69) is 29.0 Å². The lowest BCUT2D eigenvalue weighted by molar-refractivity contribution is 0.909. The second kappa shape index (κ2) is 3.16. The van der Waals surface area contributed by atoms with E-state index in [1.54, 1.807) is 0 Å². The zero-order valence-corrected chi connectivity index (χ0v) is 8.70. The zero-order chi connectivity index (χ0) is 10.3. The first kappa shape index (κ1) is 8.60. The van der Waals surface area contributed by atoms with Gasteiger partial charge in [0.2, 0.25) is 0 Å². The number of nitrogens with zero attached hydrogens (tertiary/aromatic N) is 2. The standard InChI is InChI=1S/C13H12N2/c1-9-7-11-5-4-10-3-2-6-14-12(10)13(11)15-8-9/h2-3,6-8H,4-5H2,1H3. The quantitative estimate of drug-likeness (QED) is 0.647. The molecule has 2 nitrogen and oxygen atoms in total. The molecule has 0 aliphatic heterocycles. The number of pyridine rings is 2. The van der Waals surface area contributed by atoms with Crippen LogP contribution in [0, 0.1) is 6.92 Å². The summed E-state index contributed by atoms with van der Waals surface area (Å²) in [6.07, 6.45) is 5.93. The summed E-state index contributed by atoms with van der Waals surface area (Å²) in [5.41, 5.74) is 6.02. The first-order valence-electron chi connectivity index (χ1n) is 5.24. The second-order valence-electron chi connectivity index (χ2n) is 4.03. The van der Waals surface area contributed by atoms with Gasteiger partial charge in [-0.25, -0.2) is 0 Å². The van der Waals surface area contributed by atoms with Crippen molar-refractivity contribution in [1.82, 2.24) is 9.97 Å². The molecule has 2 heteroatoms. The Morgan fingerprint density at radius 2 is 1.87 bits per heavy atom. The summed E-state index contributed by atoms with van der Waals surface area (Å²) in [7, 11) is 0. The van der Waals surface area contributed by atoms with Crippen molar-refractivity contribution in [3.8, 4) is 11.4 Å². The Balaban J connectivity index is 2.26. The maximum Gasteiger partial charge on any atom is 0.0921 e. The predicted molar refractivity (Wildman–Crippen MR) is 59.6 cm³/mol. The lowest BCUT2D eigenvalue weighted by atomic mass is 9.92. The van der Waals surface area contributed by atoms with Gasteiger partial charge in [-0.1, -0.05) is 12.1 Å². The van der Waals surface area contributed by atoms with Gasteiger partial charge in [-0.3, -0.25) is 9.97 Å². The Morgan fingerprint density at radius 3 is 2.80 bits per heavy atom. The number of aryl methyl sites for hydroxylation is 3. The van der Waals surface area contributed by atoms with Gasteiger partial charge in [-0.2, -0.15) is 0 Å². The number of rotatable bonds is 0. The molecule has 0 amide bonds. The van der Waals surface area contributed by atoms with E-state index in [4.69, 9.17) is 0 Å². The third-order valence-corrected chi connectivity index (χ3v) is 2.88. The molecule has 15 heavy (non-hydrogen) atoms. The normalized spacial score (nSPS) is 13.1. The van der Waals surface area contributed by atoms with E-state index in [9.17, 15) is 0 Å². The van der Waals surface area contributed by atoms with Crippen molar-refractivity contribution < 1.29 is 0 Å². The molecule has 2 heterocycles. The van der Waals surface area contributed by atoms with Gasteiger partial charge in [0, 0.05) is 12.4 Å². The van der Waals surface area contributed by atoms with Gasteiger partial charge in [0.25, 0.3) is 0 Å². The van der Waals surface area contributed by atoms with Crippen LogP contribution in [-0.4, -0.2) is 9.97 Å². The van der Waals surface area contributed by atoms with Gasteiger partial charge in [0.05, 0.1) is 11.4 Å². The molecule has 0 spiro atoms. The molecule has 0 atom stereocenters. The third kappa shape index (κ3) is 1.33. The molecule has 0 aromatic carbocycles. The Labute approximate surface area is 89.0 Å². The van der Waals surface area contributed by atoms with Crippen LogP contribution in [0.25, 0.3) is 11.4 Å². The molecule has 0 bridgehead atoms. The van der Waals surface area contributed by atoms with Gasteiger partial charge in [0.1, 0.15) is 0 Å². The molecule has 2 aromatic rings. The van der Waals surface area contributed by atoms with E-state index in [0.29, 0.717) is 0 Å². The lowest BCUT2D eigenvalue weighted by Crippen LogP contribution is -2.07. The summed E-state index contributed by atoms with van der Waals surface area (Å²) in [5, 5.41) is 0. The monoisotopic (exact) mass is 196 g/mol. The first-order valence-corrected chi connectivity index (χ1v) is 5.24. The fraction of sp³-hybridized carbons (Fsp3) is 0.231. The molecule has 1 aliphatic carbocycles. The molecule has 3 rings (SSSR count). The van der Waals surface area contributed by atoms with Crippen LogP contribution < -0.4 is 0 Å².